The zero-order chi connectivity index (χ0) is 12.0. The van der Waals surface area contributed by atoms with Gasteiger partial charge < -0.3 is 4.74 Å². The van der Waals surface area contributed by atoms with E-state index in [0.29, 0.717) is 13.0 Å². The van der Waals surface area contributed by atoms with Crippen molar-refractivity contribution in [1.29, 1.82) is 5.26 Å². The maximum Gasteiger partial charge on any atom is 0.330 e. The fraction of sp³-hybridized carbons (Fsp3) is 0.692. The molecule has 1 rings (SSSR count). The molecule has 0 fully saturated rings. The maximum atomic E-state index is 11.9. The van der Waals surface area contributed by atoms with Gasteiger partial charge in [0.05, 0.1) is 12.7 Å². The summed E-state index contributed by atoms with van der Waals surface area (Å²) in [5.41, 5.74) is -0.0709. The molecule has 88 valence electrons. The van der Waals surface area contributed by atoms with Crippen molar-refractivity contribution >= 4 is 5.97 Å². The fourth-order valence-corrected chi connectivity index (χ4v) is 2.18. The van der Waals surface area contributed by atoms with Crippen molar-refractivity contribution in [3.8, 4) is 6.07 Å². The molecule has 16 heavy (non-hydrogen) atoms. The van der Waals surface area contributed by atoms with E-state index >= 15 is 0 Å². The Morgan fingerprint density at radius 2 is 2.31 bits per heavy atom. The number of nitrogens with zero attached hydrogens (tertiary/aromatic N) is 1. The van der Waals surface area contributed by atoms with Gasteiger partial charge in [0.15, 0.2) is 5.41 Å². The van der Waals surface area contributed by atoms with Crippen LogP contribution in [0.5, 0.6) is 0 Å². The second kappa shape index (κ2) is 5.69. The number of rotatable bonds is 4. The summed E-state index contributed by atoms with van der Waals surface area (Å²) in [4.78, 5) is 11.9. The van der Waals surface area contributed by atoms with E-state index in [-0.39, 0.29) is 5.97 Å². The van der Waals surface area contributed by atoms with Crippen molar-refractivity contribution in [3.63, 3.8) is 0 Å². The molecule has 0 saturated carbocycles. The summed E-state index contributed by atoms with van der Waals surface area (Å²) in [6.45, 7) is 3.97. The molecule has 0 radical (unpaired) electrons. The Bertz CT molecular complexity index is 327. The Balaban J connectivity index is 3.00. The van der Waals surface area contributed by atoms with Crippen LogP contribution in [0, 0.1) is 16.7 Å². The van der Waals surface area contributed by atoms with Gasteiger partial charge in [-0.05, 0) is 44.6 Å². The van der Waals surface area contributed by atoms with Crippen LogP contribution in [0.25, 0.3) is 0 Å². The van der Waals surface area contributed by atoms with Crippen LogP contribution >= 0.6 is 0 Å². The molecule has 3 heteroatoms. The zero-order valence-electron chi connectivity index (χ0n) is 10.1. The molecule has 0 spiro atoms. The molecule has 1 atom stereocenters. The lowest BCUT2D eigenvalue weighted by Gasteiger charge is -2.28. The highest BCUT2D eigenvalue weighted by molar-refractivity contribution is 5.84. The van der Waals surface area contributed by atoms with E-state index in [9.17, 15) is 10.1 Å². The highest BCUT2D eigenvalue weighted by Gasteiger charge is 2.42. The molecular formula is C13H19NO2. The Morgan fingerprint density at radius 3 is 2.75 bits per heavy atom. The minimum Gasteiger partial charge on any atom is -0.465 e. The molecule has 0 aromatic heterocycles. The second-order valence-corrected chi connectivity index (χ2v) is 4.07. The molecule has 1 aliphatic rings. The SMILES string of the molecule is CCOC(=O)C(C#N)(CC)C1=CCCCC1. The Hall–Kier alpha value is -1.30. The van der Waals surface area contributed by atoms with Crippen molar-refractivity contribution < 1.29 is 9.53 Å². The van der Waals surface area contributed by atoms with Crippen molar-refractivity contribution in [2.24, 2.45) is 5.41 Å². The van der Waals surface area contributed by atoms with E-state index in [0.717, 1.165) is 31.3 Å². The lowest BCUT2D eigenvalue weighted by Crippen LogP contribution is -2.33. The van der Waals surface area contributed by atoms with Gasteiger partial charge >= 0.3 is 5.97 Å². The fourth-order valence-electron chi connectivity index (χ4n) is 2.18. The normalized spacial score (nSPS) is 19.2. The molecule has 0 N–H and O–H groups in total. The van der Waals surface area contributed by atoms with Gasteiger partial charge in [0, 0.05) is 0 Å². The second-order valence-electron chi connectivity index (χ2n) is 4.07. The topological polar surface area (TPSA) is 50.1 Å². The van der Waals surface area contributed by atoms with Crippen LogP contribution in [0.1, 0.15) is 46.0 Å². The lowest BCUT2D eigenvalue weighted by molar-refractivity contribution is -0.150. The van der Waals surface area contributed by atoms with E-state index in [1.54, 1.807) is 6.92 Å². The average Bonchev–Trinajstić information content (AvgIpc) is 2.33. The minimum absolute atomic E-state index is 0.329. The molecule has 0 bridgehead atoms. The molecule has 0 aromatic carbocycles. The quantitative estimate of drug-likeness (QED) is 0.541. The standard InChI is InChI=1S/C13H19NO2/c1-3-13(10-14,12(15)16-4-2)11-8-6-5-7-9-11/h8H,3-7,9H2,1-2H3. The third kappa shape index (κ3) is 2.27. The first-order valence-electron chi connectivity index (χ1n) is 5.99. The van der Waals surface area contributed by atoms with Crippen molar-refractivity contribution in [1.82, 2.24) is 0 Å². The number of carbonyl (C=O) groups excluding carboxylic acids is 1. The van der Waals surface area contributed by atoms with E-state index in [1.807, 2.05) is 13.0 Å². The van der Waals surface area contributed by atoms with E-state index in [2.05, 4.69) is 6.07 Å². The number of esters is 1. The molecule has 1 unspecified atom stereocenters. The summed E-state index contributed by atoms with van der Waals surface area (Å²) >= 11 is 0. The molecule has 0 saturated heterocycles. The molecule has 1 aliphatic carbocycles. The predicted molar refractivity (Wildman–Crippen MR) is 61.5 cm³/mol. The number of nitriles is 1. The van der Waals surface area contributed by atoms with E-state index < -0.39 is 5.41 Å². The Labute approximate surface area is 97.1 Å². The Morgan fingerprint density at radius 1 is 1.56 bits per heavy atom. The first-order valence-corrected chi connectivity index (χ1v) is 5.99. The lowest BCUT2D eigenvalue weighted by atomic mass is 9.74. The zero-order valence-corrected chi connectivity index (χ0v) is 10.1. The summed E-state index contributed by atoms with van der Waals surface area (Å²) in [5, 5.41) is 9.33. The summed E-state index contributed by atoms with van der Waals surface area (Å²) < 4.78 is 5.04. The molecule has 0 aliphatic heterocycles. The highest BCUT2D eigenvalue weighted by atomic mass is 16.5. The van der Waals surface area contributed by atoms with E-state index in [1.165, 1.54) is 0 Å². The van der Waals surface area contributed by atoms with Crippen LogP contribution in [0.2, 0.25) is 0 Å². The predicted octanol–water partition coefficient (Wildman–Crippen LogP) is 2.97. The largest absolute Gasteiger partial charge is 0.465 e. The summed E-state index contributed by atoms with van der Waals surface area (Å²) in [5.74, 6) is -0.381. The first kappa shape index (κ1) is 12.8. The Kier molecular flexibility index (Phi) is 4.54. The monoisotopic (exact) mass is 221 g/mol. The molecule has 3 nitrogen and oxygen atoms in total. The van der Waals surface area contributed by atoms with E-state index in [4.69, 9.17) is 4.74 Å². The van der Waals surface area contributed by atoms with Crippen LogP contribution in [0.4, 0.5) is 0 Å². The molecular weight excluding hydrogens is 202 g/mol. The van der Waals surface area contributed by atoms with Crippen molar-refractivity contribution in [3.05, 3.63) is 11.6 Å². The van der Waals surface area contributed by atoms with Gasteiger partial charge in [0.1, 0.15) is 0 Å². The third-order valence-corrected chi connectivity index (χ3v) is 3.18. The van der Waals surface area contributed by atoms with Crippen LogP contribution in [-0.4, -0.2) is 12.6 Å². The molecule has 0 heterocycles. The summed E-state index contributed by atoms with van der Waals surface area (Å²) in [6.07, 6.45) is 6.58. The molecule has 0 aromatic rings. The van der Waals surface area contributed by atoms with Gasteiger partial charge in [-0.15, -0.1) is 0 Å². The number of allylic oxidation sites excluding steroid dienone is 1. The summed E-state index contributed by atoms with van der Waals surface area (Å²) in [7, 11) is 0. The smallest absolute Gasteiger partial charge is 0.330 e. The average molecular weight is 221 g/mol. The van der Waals surface area contributed by atoms with Crippen molar-refractivity contribution in [2.75, 3.05) is 6.61 Å². The van der Waals surface area contributed by atoms with Gasteiger partial charge in [-0.3, -0.25) is 0 Å². The number of hydrogen-bond donors (Lipinski definition) is 0. The van der Waals surface area contributed by atoms with Gasteiger partial charge in [-0.1, -0.05) is 13.0 Å². The van der Waals surface area contributed by atoms with Crippen LogP contribution in [-0.2, 0) is 9.53 Å². The van der Waals surface area contributed by atoms with Gasteiger partial charge in [-0.25, -0.2) is 4.79 Å². The van der Waals surface area contributed by atoms with Crippen LogP contribution in [0.3, 0.4) is 0 Å². The maximum absolute atomic E-state index is 11.9. The van der Waals surface area contributed by atoms with Crippen LogP contribution in [0.15, 0.2) is 11.6 Å². The number of hydrogen-bond acceptors (Lipinski definition) is 3. The van der Waals surface area contributed by atoms with Crippen molar-refractivity contribution in [2.45, 2.75) is 46.0 Å². The van der Waals surface area contributed by atoms with Gasteiger partial charge in [0.25, 0.3) is 0 Å². The first-order chi connectivity index (χ1) is 7.71. The van der Waals surface area contributed by atoms with Gasteiger partial charge in [-0.2, -0.15) is 5.26 Å². The van der Waals surface area contributed by atoms with Gasteiger partial charge in [0.2, 0.25) is 0 Å². The number of carbonyl (C=O) groups is 1. The third-order valence-electron chi connectivity index (χ3n) is 3.18. The summed E-state index contributed by atoms with van der Waals surface area (Å²) in [6, 6.07) is 2.18. The number of ether oxygens (including phenoxy) is 1. The highest BCUT2D eigenvalue weighted by Crippen LogP contribution is 2.38. The molecule has 0 amide bonds. The minimum atomic E-state index is -1.03. The van der Waals surface area contributed by atoms with Crippen LogP contribution < -0.4 is 0 Å².